The quantitative estimate of drug-likeness (QED) is 0.743. The van der Waals surface area contributed by atoms with Crippen molar-refractivity contribution >= 4 is 34.8 Å². The summed E-state index contributed by atoms with van der Waals surface area (Å²) >= 11 is 1.42. The van der Waals surface area contributed by atoms with E-state index in [1.54, 1.807) is 0 Å². The van der Waals surface area contributed by atoms with E-state index in [-0.39, 0.29) is 6.54 Å². The topological polar surface area (TPSA) is 84.5 Å². The molecule has 1 aromatic heterocycles. The molecule has 0 aliphatic heterocycles. The van der Waals surface area contributed by atoms with Crippen LogP contribution in [0.5, 0.6) is 0 Å². The molecule has 1 aromatic carbocycles. The number of thiophene rings is 1. The molecule has 2 N–H and O–H groups in total. The Balaban J connectivity index is 1.40. The highest BCUT2D eigenvalue weighted by molar-refractivity contribution is 7.14. The van der Waals surface area contributed by atoms with E-state index in [1.807, 2.05) is 6.07 Å². The number of carbonyl (C=O) groups is 3. The van der Waals surface area contributed by atoms with Crippen LogP contribution in [0.1, 0.15) is 33.0 Å². The zero-order valence-corrected chi connectivity index (χ0v) is 15.4. The summed E-state index contributed by atoms with van der Waals surface area (Å²) in [5.74, 6) is -1.97. The Kier molecular flexibility index (Phi) is 6.18. The fourth-order valence-corrected chi connectivity index (χ4v) is 3.91. The summed E-state index contributed by atoms with van der Waals surface area (Å²) in [6, 6.07) is 7.11. The first-order valence-corrected chi connectivity index (χ1v) is 9.44. The van der Waals surface area contributed by atoms with Crippen molar-refractivity contribution in [1.29, 1.82) is 0 Å². The Hall–Kier alpha value is -2.74. The van der Waals surface area contributed by atoms with Gasteiger partial charge in [0.25, 0.3) is 5.91 Å². The summed E-state index contributed by atoms with van der Waals surface area (Å²) in [4.78, 5) is 37.3. The molecular formula is C19H19FN2O4S. The third-order valence-corrected chi connectivity index (χ3v) is 5.32. The summed E-state index contributed by atoms with van der Waals surface area (Å²) in [5.41, 5.74) is 1.61. The third kappa shape index (κ3) is 5.37. The molecule has 6 nitrogen and oxygen atoms in total. The number of hydrogen-bond acceptors (Lipinski definition) is 5. The van der Waals surface area contributed by atoms with Gasteiger partial charge in [-0.2, -0.15) is 0 Å². The van der Waals surface area contributed by atoms with Gasteiger partial charge in [-0.3, -0.25) is 9.59 Å². The van der Waals surface area contributed by atoms with Gasteiger partial charge in [-0.05, 0) is 61.6 Å². The smallest absolute Gasteiger partial charge is 0.348 e. The van der Waals surface area contributed by atoms with Crippen LogP contribution in [0.3, 0.4) is 0 Å². The van der Waals surface area contributed by atoms with E-state index in [2.05, 4.69) is 10.6 Å². The van der Waals surface area contributed by atoms with E-state index in [9.17, 15) is 18.8 Å². The molecule has 27 heavy (non-hydrogen) atoms. The van der Waals surface area contributed by atoms with Gasteiger partial charge in [0.05, 0.1) is 6.54 Å². The van der Waals surface area contributed by atoms with Crippen molar-refractivity contribution in [2.24, 2.45) is 0 Å². The molecule has 0 saturated carbocycles. The molecule has 3 rings (SSSR count). The van der Waals surface area contributed by atoms with Crippen molar-refractivity contribution in [3.8, 4) is 0 Å². The lowest BCUT2D eigenvalue weighted by molar-refractivity contribution is -0.126. The number of carbonyl (C=O) groups excluding carboxylic acids is 3. The summed E-state index contributed by atoms with van der Waals surface area (Å²) in [6.07, 6.45) is 4.21. The summed E-state index contributed by atoms with van der Waals surface area (Å²) in [6.45, 7) is -0.730. The maximum Gasteiger partial charge on any atom is 0.348 e. The molecule has 1 heterocycles. The maximum absolute atomic E-state index is 12.8. The van der Waals surface area contributed by atoms with Gasteiger partial charge in [0.2, 0.25) is 5.91 Å². The van der Waals surface area contributed by atoms with Crippen molar-refractivity contribution in [1.82, 2.24) is 5.32 Å². The molecule has 0 fully saturated rings. The average molecular weight is 390 g/mol. The number of esters is 1. The van der Waals surface area contributed by atoms with Crippen molar-refractivity contribution < 1.29 is 23.5 Å². The van der Waals surface area contributed by atoms with Gasteiger partial charge in [0.15, 0.2) is 6.61 Å². The highest BCUT2D eigenvalue weighted by Crippen LogP contribution is 2.29. The van der Waals surface area contributed by atoms with Crippen LogP contribution >= 0.6 is 11.3 Å². The molecule has 1 aliphatic carbocycles. The van der Waals surface area contributed by atoms with Crippen molar-refractivity contribution in [2.45, 2.75) is 25.7 Å². The SMILES string of the molecule is O=C(COC(=O)c1cc2c(s1)CCCC2)NCC(=O)Nc1ccc(F)cc1. The molecule has 0 atom stereocenters. The van der Waals surface area contributed by atoms with Gasteiger partial charge >= 0.3 is 5.97 Å². The normalized spacial score (nSPS) is 12.8. The minimum absolute atomic E-state index is 0.277. The maximum atomic E-state index is 12.8. The highest BCUT2D eigenvalue weighted by atomic mass is 32.1. The van der Waals surface area contributed by atoms with Crippen LogP contribution in [-0.2, 0) is 27.2 Å². The number of rotatable bonds is 6. The summed E-state index contributed by atoms with van der Waals surface area (Å²) in [7, 11) is 0. The second-order valence-electron chi connectivity index (χ2n) is 6.17. The van der Waals surface area contributed by atoms with Gasteiger partial charge in [0.1, 0.15) is 10.7 Å². The average Bonchev–Trinajstić information content (AvgIpc) is 3.10. The number of ether oxygens (including phenoxy) is 1. The molecule has 142 valence electrons. The molecule has 1 aliphatic rings. The Bertz CT molecular complexity index is 824. The number of halogens is 1. The van der Waals surface area contributed by atoms with Gasteiger partial charge in [0, 0.05) is 10.6 Å². The summed E-state index contributed by atoms with van der Waals surface area (Å²) in [5, 5.41) is 4.89. The molecular weight excluding hydrogens is 371 g/mol. The highest BCUT2D eigenvalue weighted by Gasteiger charge is 2.19. The molecule has 2 aromatic rings. The number of aryl methyl sites for hydroxylation is 2. The van der Waals surface area contributed by atoms with Crippen LogP contribution in [0.15, 0.2) is 30.3 Å². The molecule has 0 radical (unpaired) electrons. The number of nitrogens with one attached hydrogen (secondary N) is 2. The van der Waals surface area contributed by atoms with Crippen LogP contribution < -0.4 is 10.6 Å². The fourth-order valence-electron chi connectivity index (χ4n) is 2.76. The van der Waals surface area contributed by atoms with E-state index < -0.39 is 30.2 Å². The van der Waals surface area contributed by atoms with Crippen molar-refractivity contribution in [3.63, 3.8) is 0 Å². The predicted molar refractivity (Wildman–Crippen MR) is 99.3 cm³/mol. The van der Waals surface area contributed by atoms with E-state index in [1.165, 1.54) is 46.0 Å². The lowest BCUT2D eigenvalue weighted by Crippen LogP contribution is -2.35. The van der Waals surface area contributed by atoms with Crippen LogP contribution in [0, 0.1) is 5.82 Å². The Morgan fingerprint density at radius 2 is 1.81 bits per heavy atom. The van der Waals surface area contributed by atoms with E-state index >= 15 is 0 Å². The molecule has 0 spiro atoms. The number of hydrogen-bond donors (Lipinski definition) is 2. The first-order chi connectivity index (χ1) is 13.0. The Morgan fingerprint density at radius 3 is 2.56 bits per heavy atom. The molecule has 0 saturated heterocycles. The Labute approximate surface area is 159 Å². The first-order valence-electron chi connectivity index (χ1n) is 8.62. The molecule has 2 amide bonds. The van der Waals surface area contributed by atoms with Gasteiger partial charge < -0.3 is 15.4 Å². The first kappa shape index (κ1) is 19.0. The minimum Gasteiger partial charge on any atom is -0.451 e. The van der Waals surface area contributed by atoms with Gasteiger partial charge in [-0.1, -0.05) is 0 Å². The van der Waals surface area contributed by atoms with Crippen molar-refractivity contribution in [3.05, 3.63) is 51.5 Å². The lowest BCUT2D eigenvalue weighted by Gasteiger charge is -2.08. The van der Waals surface area contributed by atoms with Crippen molar-refractivity contribution in [2.75, 3.05) is 18.5 Å². The number of anilines is 1. The fraction of sp³-hybridized carbons (Fsp3) is 0.316. The number of fused-ring (bicyclic) bond motifs is 1. The number of benzene rings is 1. The second kappa shape index (κ2) is 8.77. The summed E-state index contributed by atoms with van der Waals surface area (Å²) < 4.78 is 17.8. The minimum atomic E-state index is -0.570. The zero-order chi connectivity index (χ0) is 19.2. The van der Waals surface area contributed by atoms with Gasteiger partial charge in [-0.25, -0.2) is 9.18 Å². The monoisotopic (exact) mass is 390 g/mol. The standard InChI is InChI=1S/C19H19FN2O4S/c20-13-5-7-14(8-6-13)22-17(23)10-21-18(24)11-26-19(25)16-9-12-3-1-2-4-15(12)27-16/h5-9H,1-4,10-11H2,(H,21,24)(H,22,23). The van der Waals surface area contributed by atoms with E-state index in [0.29, 0.717) is 10.6 Å². The predicted octanol–water partition coefficient (Wildman–Crippen LogP) is 2.68. The second-order valence-corrected chi connectivity index (χ2v) is 7.31. The van der Waals surface area contributed by atoms with Crippen LogP contribution in [0.4, 0.5) is 10.1 Å². The molecule has 0 bridgehead atoms. The lowest BCUT2D eigenvalue weighted by atomic mass is 9.99. The van der Waals surface area contributed by atoms with Gasteiger partial charge in [-0.15, -0.1) is 11.3 Å². The van der Waals surface area contributed by atoms with Crippen LogP contribution in [-0.4, -0.2) is 30.9 Å². The zero-order valence-electron chi connectivity index (χ0n) is 14.5. The van der Waals surface area contributed by atoms with E-state index in [0.717, 1.165) is 25.7 Å². The number of amides is 2. The molecule has 8 heteroatoms. The third-order valence-electron chi connectivity index (χ3n) is 4.11. The van der Waals surface area contributed by atoms with Crippen LogP contribution in [0.25, 0.3) is 0 Å². The molecule has 0 unspecified atom stereocenters. The largest absolute Gasteiger partial charge is 0.451 e. The van der Waals surface area contributed by atoms with Crippen LogP contribution in [0.2, 0.25) is 0 Å². The Morgan fingerprint density at radius 1 is 1.07 bits per heavy atom. The van der Waals surface area contributed by atoms with E-state index in [4.69, 9.17) is 4.74 Å².